The van der Waals surface area contributed by atoms with E-state index in [9.17, 15) is 14.7 Å². The summed E-state index contributed by atoms with van der Waals surface area (Å²) < 4.78 is 0. The number of nitrogens with one attached hydrogen (secondary N) is 1. The molecular weight excluding hydrogens is 260 g/mol. The van der Waals surface area contributed by atoms with Crippen molar-refractivity contribution >= 4 is 12.0 Å². The van der Waals surface area contributed by atoms with Crippen molar-refractivity contribution in [3.8, 4) is 12.3 Å². The maximum atomic E-state index is 12.4. The fourth-order valence-electron chi connectivity index (χ4n) is 2.26. The summed E-state index contributed by atoms with van der Waals surface area (Å²) in [5, 5.41) is 9.31. The molecule has 0 radical (unpaired) electrons. The van der Waals surface area contributed by atoms with Gasteiger partial charge in [-0.3, -0.25) is 0 Å². The molecule has 0 fully saturated rings. The number of amides is 2. The van der Waals surface area contributed by atoms with Crippen LogP contribution in [0, 0.1) is 12.3 Å². The van der Waals surface area contributed by atoms with Gasteiger partial charge in [0.15, 0.2) is 0 Å². The van der Waals surface area contributed by atoms with E-state index in [0.29, 0.717) is 12.2 Å². The molecule has 0 aliphatic carbocycles. The topological polar surface area (TPSA) is 89.5 Å². The Morgan fingerprint density at radius 2 is 2.45 bits per heavy atom. The number of fused-ring (bicyclic) bond motifs is 1. The normalized spacial score (nSPS) is 17.2. The first kappa shape index (κ1) is 13.9. The highest BCUT2D eigenvalue weighted by atomic mass is 16.4. The Labute approximate surface area is 116 Å². The monoisotopic (exact) mass is 276 g/mol. The van der Waals surface area contributed by atoms with E-state index in [-0.39, 0.29) is 25.5 Å². The number of carbonyl (C=O) groups excluding carboxylic acids is 1. The number of H-pyrrole nitrogens is 1. The molecule has 20 heavy (non-hydrogen) atoms. The highest BCUT2D eigenvalue weighted by Gasteiger charge is 2.37. The fraction of sp³-hybridized carbons (Fsp3) is 0.462. The van der Waals surface area contributed by atoms with Crippen LogP contribution in [0.15, 0.2) is 6.33 Å². The maximum Gasteiger partial charge on any atom is 0.326 e. The Bertz CT molecular complexity index is 560. The standard InChI is InChI=1S/C13H16N4O3/c1-3-5-16(4-2)13(20)17-7-10-9(14-8-15-10)6-11(17)12(18)19/h1,8,11H,4-7H2,2H3,(H,14,15)(H,18,19). The lowest BCUT2D eigenvalue weighted by molar-refractivity contribution is -0.142. The van der Waals surface area contributed by atoms with Gasteiger partial charge >= 0.3 is 12.0 Å². The number of hydrogen-bond donors (Lipinski definition) is 2. The summed E-state index contributed by atoms with van der Waals surface area (Å²) in [4.78, 5) is 33.6. The maximum absolute atomic E-state index is 12.4. The molecule has 7 heteroatoms. The van der Waals surface area contributed by atoms with Crippen LogP contribution < -0.4 is 0 Å². The Hall–Kier alpha value is -2.49. The van der Waals surface area contributed by atoms with E-state index in [4.69, 9.17) is 6.42 Å². The molecule has 0 bridgehead atoms. The number of terminal acetylenes is 1. The third-order valence-corrected chi connectivity index (χ3v) is 3.36. The summed E-state index contributed by atoms with van der Waals surface area (Å²) in [7, 11) is 0. The zero-order valence-corrected chi connectivity index (χ0v) is 11.2. The van der Waals surface area contributed by atoms with Crippen molar-refractivity contribution in [3.05, 3.63) is 17.7 Å². The molecule has 0 saturated carbocycles. The summed E-state index contributed by atoms with van der Waals surface area (Å²) in [6.07, 6.45) is 6.94. The van der Waals surface area contributed by atoms with Gasteiger partial charge in [-0.05, 0) is 6.92 Å². The van der Waals surface area contributed by atoms with Crippen LogP contribution in [0.1, 0.15) is 18.3 Å². The van der Waals surface area contributed by atoms with E-state index in [0.717, 1.165) is 5.69 Å². The quantitative estimate of drug-likeness (QED) is 0.777. The number of carboxylic acid groups (broad SMARTS) is 1. The molecule has 1 aromatic heterocycles. The van der Waals surface area contributed by atoms with Crippen LogP contribution in [-0.2, 0) is 17.8 Å². The zero-order chi connectivity index (χ0) is 14.7. The van der Waals surface area contributed by atoms with Crippen LogP contribution in [0.5, 0.6) is 0 Å². The molecule has 2 N–H and O–H groups in total. The van der Waals surface area contributed by atoms with Crippen LogP contribution in [0.25, 0.3) is 0 Å². The number of carbonyl (C=O) groups is 2. The lowest BCUT2D eigenvalue weighted by atomic mass is 10.0. The Morgan fingerprint density at radius 3 is 3.05 bits per heavy atom. The summed E-state index contributed by atoms with van der Waals surface area (Å²) in [6.45, 7) is 2.60. The Kier molecular flexibility index (Phi) is 3.94. The fourth-order valence-corrected chi connectivity index (χ4v) is 2.26. The molecule has 0 saturated heterocycles. The van der Waals surface area contributed by atoms with Crippen molar-refractivity contribution in [1.82, 2.24) is 19.8 Å². The summed E-state index contributed by atoms with van der Waals surface area (Å²) in [5.41, 5.74) is 1.47. The number of nitrogens with zero attached hydrogens (tertiary/aromatic N) is 3. The highest BCUT2D eigenvalue weighted by molar-refractivity contribution is 5.83. The second kappa shape index (κ2) is 5.65. The van der Waals surface area contributed by atoms with E-state index in [1.165, 1.54) is 16.1 Å². The van der Waals surface area contributed by atoms with E-state index in [1.54, 1.807) is 6.92 Å². The minimum absolute atomic E-state index is 0.161. The molecule has 2 rings (SSSR count). The number of aliphatic carboxylic acids is 1. The molecule has 2 heterocycles. The molecule has 1 aliphatic heterocycles. The highest BCUT2D eigenvalue weighted by Crippen LogP contribution is 2.22. The number of hydrogen-bond acceptors (Lipinski definition) is 3. The van der Waals surface area contributed by atoms with E-state index < -0.39 is 12.0 Å². The zero-order valence-electron chi connectivity index (χ0n) is 11.2. The van der Waals surface area contributed by atoms with Gasteiger partial charge in [-0.1, -0.05) is 5.92 Å². The van der Waals surface area contributed by atoms with Crippen LogP contribution in [0.4, 0.5) is 4.79 Å². The molecule has 0 aromatic carbocycles. The van der Waals surface area contributed by atoms with Crippen molar-refractivity contribution in [2.45, 2.75) is 25.9 Å². The summed E-state index contributed by atoms with van der Waals surface area (Å²) in [6, 6.07) is -1.27. The largest absolute Gasteiger partial charge is 0.480 e. The van der Waals surface area contributed by atoms with Crippen molar-refractivity contribution in [2.24, 2.45) is 0 Å². The predicted molar refractivity (Wildman–Crippen MR) is 70.7 cm³/mol. The number of urea groups is 1. The van der Waals surface area contributed by atoms with Crippen LogP contribution >= 0.6 is 0 Å². The Balaban J connectivity index is 2.26. The van der Waals surface area contributed by atoms with E-state index in [1.807, 2.05) is 0 Å². The number of rotatable bonds is 3. The van der Waals surface area contributed by atoms with Gasteiger partial charge in [0, 0.05) is 13.0 Å². The summed E-state index contributed by atoms with van der Waals surface area (Å²) in [5.74, 6) is 1.37. The molecule has 2 amide bonds. The van der Waals surface area contributed by atoms with Crippen molar-refractivity contribution in [1.29, 1.82) is 0 Å². The average molecular weight is 276 g/mol. The average Bonchev–Trinajstić information content (AvgIpc) is 2.89. The first-order chi connectivity index (χ1) is 9.58. The van der Waals surface area contributed by atoms with Gasteiger partial charge in [-0.15, -0.1) is 6.42 Å². The molecular formula is C13H16N4O3. The van der Waals surface area contributed by atoms with Crippen LogP contribution in [0.3, 0.4) is 0 Å². The van der Waals surface area contributed by atoms with E-state index >= 15 is 0 Å². The first-order valence-electron chi connectivity index (χ1n) is 6.31. The van der Waals surface area contributed by atoms with Crippen molar-refractivity contribution in [3.63, 3.8) is 0 Å². The van der Waals surface area contributed by atoms with Gasteiger partial charge in [0.05, 0.1) is 30.8 Å². The smallest absolute Gasteiger partial charge is 0.326 e. The molecule has 7 nitrogen and oxygen atoms in total. The second-order valence-corrected chi connectivity index (χ2v) is 4.51. The summed E-state index contributed by atoms with van der Waals surface area (Å²) >= 11 is 0. The minimum Gasteiger partial charge on any atom is -0.480 e. The Morgan fingerprint density at radius 1 is 1.70 bits per heavy atom. The molecule has 1 aromatic rings. The number of imidazole rings is 1. The van der Waals surface area contributed by atoms with Crippen molar-refractivity contribution in [2.75, 3.05) is 13.1 Å². The minimum atomic E-state index is -1.04. The van der Waals surface area contributed by atoms with Gasteiger partial charge in [0.2, 0.25) is 0 Å². The van der Waals surface area contributed by atoms with E-state index in [2.05, 4.69) is 15.9 Å². The van der Waals surface area contributed by atoms with Gasteiger partial charge in [0.25, 0.3) is 0 Å². The lowest BCUT2D eigenvalue weighted by Gasteiger charge is -2.35. The molecule has 0 spiro atoms. The first-order valence-corrected chi connectivity index (χ1v) is 6.31. The molecule has 1 atom stereocenters. The van der Waals surface area contributed by atoms with Crippen LogP contribution in [-0.4, -0.2) is 56.0 Å². The number of aromatic nitrogens is 2. The lowest BCUT2D eigenvalue weighted by Crippen LogP contribution is -2.53. The number of aromatic amines is 1. The van der Waals surface area contributed by atoms with Gasteiger partial charge in [-0.25, -0.2) is 14.6 Å². The van der Waals surface area contributed by atoms with Crippen LogP contribution in [0.2, 0.25) is 0 Å². The molecule has 106 valence electrons. The van der Waals surface area contributed by atoms with Gasteiger partial charge in [0.1, 0.15) is 6.04 Å². The van der Waals surface area contributed by atoms with Gasteiger partial charge in [-0.2, -0.15) is 0 Å². The van der Waals surface area contributed by atoms with Crippen molar-refractivity contribution < 1.29 is 14.7 Å². The third-order valence-electron chi connectivity index (χ3n) is 3.36. The predicted octanol–water partition coefficient (Wildman–Crippen LogP) is 0.296. The van der Waals surface area contributed by atoms with Gasteiger partial charge < -0.3 is 19.9 Å². The third kappa shape index (κ3) is 2.45. The molecule has 1 unspecified atom stereocenters. The second-order valence-electron chi connectivity index (χ2n) is 4.51. The molecule has 1 aliphatic rings. The number of carboxylic acids is 1. The SMILES string of the molecule is C#CCN(CC)C(=O)N1Cc2[nH]cnc2CC1C(=O)O.